The van der Waals surface area contributed by atoms with Crippen molar-refractivity contribution in [3.63, 3.8) is 0 Å². The van der Waals surface area contributed by atoms with Gasteiger partial charge < -0.3 is 10.3 Å². The van der Waals surface area contributed by atoms with Crippen LogP contribution in [-0.4, -0.2) is 10.1 Å². The number of aromatic nitrogens is 2. The molecule has 0 atom stereocenters. The first-order valence-electron chi connectivity index (χ1n) is 7.31. The smallest absolute Gasteiger partial charge is 0.236 e. The lowest BCUT2D eigenvalue weighted by Gasteiger charge is -2.21. The average Bonchev–Trinajstić information content (AvgIpc) is 3.09. The van der Waals surface area contributed by atoms with E-state index in [1.54, 1.807) is 12.1 Å². The fraction of sp³-hybridized carbons (Fsp3) is 0.500. The van der Waals surface area contributed by atoms with Crippen molar-refractivity contribution < 1.29 is 8.91 Å². The molecule has 2 N–H and O–H groups in total. The average molecular weight is 289 g/mol. The number of nitrogens with zero attached hydrogens (tertiary/aromatic N) is 2. The van der Waals surface area contributed by atoms with Gasteiger partial charge in [-0.15, -0.1) is 0 Å². The molecule has 0 aliphatic heterocycles. The van der Waals surface area contributed by atoms with Crippen LogP contribution in [0.2, 0.25) is 0 Å². The normalized spacial score (nSPS) is 18.1. The van der Waals surface area contributed by atoms with Crippen molar-refractivity contribution in [3.8, 4) is 0 Å². The molecule has 0 bridgehead atoms. The molecular weight excluding hydrogens is 269 g/mol. The second-order valence-electron chi connectivity index (χ2n) is 6.42. The zero-order chi connectivity index (χ0) is 15.1. The fourth-order valence-electron chi connectivity index (χ4n) is 2.90. The van der Waals surface area contributed by atoms with Crippen molar-refractivity contribution in [2.45, 2.75) is 50.5 Å². The second kappa shape index (κ2) is 4.91. The molecule has 3 rings (SSSR count). The summed E-state index contributed by atoms with van der Waals surface area (Å²) >= 11 is 0. The predicted molar refractivity (Wildman–Crippen MR) is 77.2 cm³/mol. The minimum absolute atomic E-state index is 0.257. The van der Waals surface area contributed by atoms with Crippen molar-refractivity contribution in [2.24, 2.45) is 5.73 Å². The zero-order valence-corrected chi connectivity index (χ0v) is 12.4. The molecule has 1 aromatic carbocycles. The van der Waals surface area contributed by atoms with E-state index in [1.807, 2.05) is 13.8 Å². The van der Waals surface area contributed by atoms with Crippen LogP contribution in [0.5, 0.6) is 0 Å². The summed E-state index contributed by atoms with van der Waals surface area (Å²) in [6.45, 7) is 3.96. The maximum absolute atomic E-state index is 13.1. The van der Waals surface area contributed by atoms with E-state index in [4.69, 9.17) is 10.3 Å². The Kier molecular flexibility index (Phi) is 3.32. The zero-order valence-electron chi connectivity index (χ0n) is 12.4. The predicted octanol–water partition coefficient (Wildman–Crippen LogP) is 3.26. The van der Waals surface area contributed by atoms with Gasteiger partial charge >= 0.3 is 0 Å². The van der Waals surface area contributed by atoms with Gasteiger partial charge in [0.2, 0.25) is 5.89 Å². The largest absolute Gasteiger partial charge is 0.338 e. The van der Waals surface area contributed by atoms with E-state index in [-0.39, 0.29) is 5.82 Å². The molecule has 0 saturated heterocycles. The number of nitrogens with two attached hydrogens (primary N) is 1. The van der Waals surface area contributed by atoms with Crippen molar-refractivity contribution in [1.29, 1.82) is 0 Å². The molecular formula is C16H20FN3O. The molecule has 1 fully saturated rings. The van der Waals surface area contributed by atoms with Gasteiger partial charge in [0, 0.05) is 0 Å². The minimum atomic E-state index is -0.478. The van der Waals surface area contributed by atoms with Gasteiger partial charge in [0.1, 0.15) is 5.82 Å². The lowest BCUT2D eigenvalue weighted by Crippen LogP contribution is -2.34. The van der Waals surface area contributed by atoms with Gasteiger partial charge in [-0.1, -0.05) is 30.1 Å². The first-order chi connectivity index (χ1) is 9.92. The van der Waals surface area contributed by atoms with Gasteiger partial charge in [-0.25, -0.2) is 4.39 Å². The number of benzene rings is 1. The van der Waals surface area contributed by atoms with Crippen LogP contribution < -0.4 is 5.73 Å². The molecule has 4 nitrogen and oxygen atoms in total. The van der Waals surface area contributed by atoms with E-state index in [0.29, 0.717) is 11.7 Å². The highest BCUT2D eigenvalue weighted by atomic mass is 19.1. The van der Waals surface area contributed by atoms with E-state index in [9.17, 15) is 4.39 Å². The molecule has 1 saturated carbocycles. The summed E-state index contributed by atoms with van der Waals surface area (Å²) in [7, 11) is 0. The van der Waals surface area contributed by atoms with Gasteiger partial charge in [-0.2, -0.15) is 4.98 Å². The molecule has 21 heavy (non-hydrogen) atoms. The van der Waals surface area contributed by atoms with Crippen LogP contribution in [0, 0.1) is 5.82 Å². The number of rotatable bonds is 3. The Morgan fingerprint density at radius 2 is 1.81 bits per heavy atom. The first kappa shape index (κ1) is 14.2. The Morgan fingerprint density at radius 3 is 2.43 bits per heavy atom. The molecule has 112 valence electrons. The Balaban J connectivity index is 1.93. The third-order valence-electron chi connectivity index (χ3n) is 4.47. The van der Waals surface area contributed by atoms with Crippen molar-refractivity contribution in [2.75, 3.05) is 0 Å². The highest BCUT2D eigenvalue weighted by molar-refractivity contribution is 5.30. The molecule has 1 heterocycles. The van der Waals surface area contributed by atoms with Gasteiger partial charge in [0.25, 0.3) is 0 Å². The van der Waals surface area contributed by atoms with E-state index >= 15 is 0 Å². The molecule has 2 aromatic rings. The van der Waals surface area contributed by atoms with E-state index in [1.165, 1.54) is 12.1 Å². The summed E-state index contributed by atoms with van der Waals surface area (Å²) in [5.41, 5.74) is 6.35. The van der Waals surface area contributed by atoms with Crippen LogP contribution in [-0.2, 0) is 11.0 Å². The van der Waals surface area contributed by atoms with Crippen molar-refractivity contribution in [1.82, 2.24) is 10.1 Å². The Hall–Kier alpha value is -1.75. The van der Waals surface area contributed by atoms with Crippen LogP contribution in [0.25, 0.3) is 0 Å². The highest BCUT2D eigenvalue weighted by Gasteiger charge is 2.38. The molecule has 0 amide bonds. The summed E-state index contributed by atoms with van der Waals surface area (Å²) in [4.78, 5) is 4.54. The van der Waals surface area contributed by atoms with Crippen molar-refractivity contribution >= 4 is 0 Å². The summed E-state index contributed by atoms with van der Waals surface area (Å²) in [5.74, 6) is 0.846. The minimum Gasteiger partial charge on any atom is -0.338 e. The third kappa shape index (κ3) is 2.46. The SMILES string of the molecule is CC(C)(c1ccc(F)cc1)c1nc(C2(N)CCCC2)no1. The fourth-order valence-corrected chi connectivity index (χ4v) is 2.90. The summed E-state index contributed by atoms with van der Waals surface area (Å²) in [5, 5.41) is 4.09. The summed E-state index contributed by atoms with van der Waals surface area (Å²) in [6.07, 6.45) is 3.98. The summed E-state index contributed by atoms with van der Waals surface area (Å²) < 4.78 is 18.5. The number of hydrogen-bond acceptors (Lipinski definition) is 4. The lowest BCUT2D eigenvalue weighted by molar-refractivity contribution is 0.318. The molecule has 0 unspecified atom stereocenters. The standard InChI is InChI=1S/C16H20FN3O/c1-15(2,11-5-7-12(17)8-6-11)14-19-13(20-21-14)16(18)9-3-4-10-16/h5-8H,3-4,9-10,18H2,1-2H3. The Labute approximate surface area is 123 Å². The van der Waals surface area contributed by atoms with E-state index in [0.717, 1.165) is 31.2 Å². The maximum Gasteiger partial charge on any atom is 0.236 e. The monoisotopic (exact) mass is 289 g/mol. The van der Waals surface area contributed by atoms with Gasteiger partial charge in [0.15, 0.2) is 5.82 Å². The van der Waals surface area contributed by atoms with Crippen LogP contribution >= 0.6 is 0 Å². The van der Waals surface area contributed by atoms with E-state index < -0.39 is 11.0 Å². The molecule has 5 heteroatoms. The van der Waals surface area contributed by atoms with Crippen LogP contribution in [0.1, 0.15) is 56.8 Å². The first-order valence-corrected chi connectivity index (χ1v) is 7.31. The number of hydrogen-bond donors (Lipinski definition) is 1. The third-order valence-corrected chi connectivity index (χ3v) is 4.47. The Morgan fingerprint density at radius 1 is 1.19 bits per heavy atom. The Bertz CT molecular complexity index is 627. The molecule has 1 aliphatic carbocycles. The molecule has 1 aliphatic rings. The molecule has 0 radical (unpaired) electrons. The van der Waals surface area contributed by atoms with E-state index in [2.05, 4.69) is 10.1 Å². The lowest BCUT2D eigenvalue weighted by atomic mass is 9.84. The van der Waals surface area contributed by atoms with Crippen LogP contribution in [0.15, 0.2) is 28.8 Å². The van der Waals surface area contributed by atoms with Gasteiger partial charge in [-0.3, -0.25) is 0 Å². The van der Waals surface area contributed by atoms with Crippen molar-refractivity contribution in [3.05, 3.63) is 47.4 Å². The van der Waals surface area contributed by atoms with Gasteiger partial charge in [0.05, 0.1) is 11.0 Å². The van der Waals surface area contributed by atoms with Crippen LogP contribution in [0.4, 0.5) is 4.39 Å². The molecule has 1 aromatic heterocycles. The quantitative estimate of drug-likeness (QED) is 0.942. The summed E-state index contributed by atoms with van der Waals surface area (Å²) in [6, 6.07) is 6.37. The van der Waals surface area contributed by atoms with Gasteiger partial charge in [-0.05, 0) is 44.4 Å². The second-order valence-corrected chi connectivity index (χ2v) is 6.42. The van der Waals surface area contributed by atoms with Crippen LogP contribution in [0.3, 0.4) is 0 Å². The maximum atomic E-state index is 13.1. The topological polar surface area (TPSA) is 64.9 Å². The molecule has 0 spiro atoms. The number of halogens is 1. The highest BCUT2D eigenvalue weighted by Crippen LogP contribution is 2.37.